The monoisotopic (exact) mass is 141 g/mol. The van der Waals surface area contributed by atoms with E-state index in [1.165, 1.54) is 6.08 Å². The van der Waals surface area contributed by atoms with Crippen LogP contribution in [0.1, 0.15) is 13.8 Å². The van der Waals surface area contributed by atoms with Gasteiger partial charge in [-0.1, -0.05) is 20.4 Å². The number of nitrogens with zero attached hydrogens (tertiary/aromatic N) is 1. The highest BCUT2D eigenvalue weighted by molar-refractivity contribution is 5.31. The molecule has 0 radical (unpaired) electrons. The van der Waals surface area contributed by atoms with E-state index < -0.39 is 5.83 Å². The van der Waals surface area contributed by atoms with Crippen molar-refractivity contribution >= 4 is 6.72 Å². The molecule has 0 aliphatic heterocycles. The van der Waals surface area contributed by atoms with Crippen LogP contribution in [0.2, 0.25) is 0 Å². The minimum absolute atomic E-state index is 0.199. The molecule has 0 spiro atoms. The summed E-state index contributed by atoms with van der Waals surface area (Å²) < 4.78 is 12.1. The molecule has 2 heteroatoms. The van der Waals surface area contributed by atoms with Gasteiger partial charge in [0.15, 0.2) is 0 Å². The van der Waals surface area contributed by atoms with E-state index in [0.717, 1.165) is 0 Å². The van der Waals surface area contributed by atoms with Crippen LogP contribution < -0.4 is 0 Å². The Morgan fingerprint density at radius 2 is 2.10 bits per heavy atom. The van der Waals surface area contributed by atoms with Crippen LogP contribution in [0.5, 0.6) is 0 Å². The van der Waals surface area contributed by atoms with Crippen molar-refractivity contribution in [1.82, 2.24) is 0 Å². The maximum Gasteiger partial charge on any atom is 0.117 e. The fraction of sp³-hybridized carbons (Fsp3) is 0.375. The van der Waals surface area contributed by atoms with E-state index in [4.69, 9.17) is 0 Å². The van der Waals surface area contributed by atoms with Crippen molar-refractivity contribution in [3.8, 4) is 0 Å². The van der Waals surface area contributed by atoms with Gasteiger partial charge in [-0.15, -0.1) is 0 Å². The molecule has 56 valence electrons. The van der Waals surface area contributed by atoms with Gasteiger partial charge in [0.25, 0.3) is 0 Å². The van der Waals surface area contributed by atoms with Crippen LogP contribution in [0, 0.1) is 5.92 Å². The fourth-order valence-electron chi connectivity index (χ4n) is 0.555. The summed E-state index contributed by atoms with van der Waals surface area (Å²) >= 11 is 0. The van der Waals surface area contributed by atoms with Crippen molar-refractivity contribution in [2.24, 2.45) is 10.9 Å². The van der Waals surface area contributed by atoms with Gasteiger partial charge in [0.05, 0.1) is 0 Å². The molecule has 0 aromatic heterocycles. The first-order chi connectivity index (χ1) is 4.57. The smallest absolute Gasteiger partial charge is 0.117 e. The van der Waals surface area contributed by atoms with Crippen LogP contribution in [0.4, 0.5) is 4.39 Å². The molecule has 0 saturated heterocycles. The van der Waals surface area contributed by atoms with Crippen molar-refractivity contribution < 1.29 is 4.39 Å². The summed E-state index contributed by atoms with van der Waals surface area (Å²) in [7, 11) is 0. The summed E-state index contributed by atoms with van der Waals surface area (Å²) in [6.45, 7) is 10.2. The van der Waals surface area contributed by atoms with Crippen LogP contribution in [0.25, 0.3) is 0 Å². The van der Waals surface area contributed by atoms with Crippen molar-refractivity contribution in [2.75, 3.05) is 0 Å². The largest absolute Gasteiger partial charge is 0.269 e. The van der Waals surface area contributed by atoms with Gasteiger partial charge in [-0.2, -0.15) is 0 Å². The van der Waals surface area contributed by atoms with Crippen LogP contribution in [0.15, 0.2) is 29.2 Å². The molecule has 0 amide bonds. The Labute approximate surface area is 61.0 Å². The molecule has 0 aliphatic rings. The van der Waals surface area contributed by atoms with Gasteiger partial charge in [0, 0.05) is 5.70 Å². The molecule has 0 heterocycles. The number of hydrogen-bond acceptors (Lipinski definition) is 1. The third-order valence-electron chi connectivity index (χ3n) is 1.08. The Morgan fingerprint density at radius 1 is 1.60 bits per heavy atom. The molecule has 0 aromatic carbocycles. The number of aliphatic imine (C=N–C) groups is 1. The average Bonchev–Trinajstić information content (AvgIpc) is 1.81. The van der Waals surface area contributed by atoms with Gasteiger partial charge in [-0.3, -0.25) is 4.99 Å². The van der Waals surface area contributed by atoms with Gasteiger partial charge >= 0.3 is 0 Å². The standard InChI is InChI=1S/C8H12FN/c1-6(2)8(10-4)5-7(3)9/h5-6H,3-4H2,1-2H3/b8-5-. The molecule has 10 heavy (non-hydrogen) atoms. The number of halogens is 1. The number of rotatable bonds is 3. The van der Waals surface area contributed by atoms with E-state index in [2.05, 4.69) is 18.3 Å². The summed E-state index contributed by atoms with van der Waals surface area (Å²) in [6.07, 6.45) is 1.29. The molecule has 0 saturated carbocycles. The van der Waals surface area contributed by atoms with Gasteiger partial charge in [-0.25, -0.2) is 4.39 Å². The highest BCUT2D eigenvalue weighted by atomic mass is 19.1. The van der Waals surface area contributed by atoms with Crippen molar-refractivity contribution in [1.29, 1.82) is 0 Å². The van der Waals surface area contributed by atoms with Crippen molar-refractivity contribution in [3.05, 3.63) is 24.2 Å². The minimum Gasteiger partial charge on any atom is -0.269 e. The molecule has 0 unspecified atom stereocenters. The van der Waals surface area contributed by atoms with E-state index in [0.29, 0.717) is 5.70 Å². The molecule has 0 rings (SSSR count). The van der Waals surface area contributed by atoms with Gasteiger partial charge in [0.2, 0.25) is 0 Å². The zero-order chi connectivity index (χ0) is 8.15. The van der Waals surface area contributed by atoms with E-state index in [9.17, 15) is 4.39 Å². The first kappa shape index (κ1) is 9.08. The van der Waals surface area contributed by atoms with Gasteiger partial charge in [-0.05, 0) is 18.7 Å². The Hall–Kier alpha value is -0.920. The van der Waals surface area contributed by atoms with E-state index in [1.54, 1.807) is 0 Å². The lowest BCUT2D eigenvalue weighted by molar-refractivity contribution is 0.660. The lowest BCUT2D eigenvalue weighted by Gasteiger charge is -2.02. The summed E-state index contributed by atoms with van der Waals surface area (Å²) in [5.41, 5.74) is 0.632. The summed E-state index contributed by atoms with van der Waals surface area (Å²) in [6, 6.07) is 0. The van der Waals surface area contributed by atoms with Crippen molar-refractivity contribution in [3.63, 3.8) is 0 Å². The molecule has 0 aliphatic carbocycles. The predicted molar refractivity (Wildman–Crippen MR) is 42.7 cm³/mol. The van der Waals surface area contributed by atoms with E-state index in [-0.39, 0.29) is 5.92 Å². The third kappa shape index (κ3) is 3.17. The Kier molecular flexibility index (Phi) is 3.62. The molecular weight excluding hydrogens is 129 g/mol. The second kappa shape index (κ2) is 3.99. The van der Waals surface area contributed by atoms with Crippen LogP contribution >= 0.6 is 0 Å². The second-order valence-corrected chi connectivity index (χ2v) is 2.33. The highest BCUT2D eigenvalue weighted by Gasteiger charge is 1.99. The summed E-state index contributed by atoms with van der Waals surface area (Å²) in [5.74, 6) is -0.277. The minimum atomic E-state index is -0.476. The maximum atomic E-state index is 12.1. The molecule has 0 fully saturated rings. The zero-order valence-electron chi connectivity index (χ0n) is 6.39. The number of allylic oxidation sites excluding steroid dienone is 3. The normalized spacial score (nSPS) is 11.8. The first-order valence-electron chi connectivity index (χ1n) is 3.10. The van der Waals surface area contributed by atoms with Crippen molar-refractivity contribution in [2.45, 2.75) is 13.8 Å². The number of hydrogen-bond donors (Lipinski definition) is 0. The molecule has 0 bridgehead atoms. The predicted octanol–water partition coefficient (Wildman–Crippen LogP) is 2.71. The molecule has 0 atom stereocenters. The van der Waals surface area contributed by atoms with Crippen LogP contribution in [-0.4, -0.2) is 6.72 Å². The maximum absolute atomic E-state index is 12.1. The zero-order valence-corrected chi connectivity index (χ0v) is 6.39. The van der Waals surface area contributed by atoms with Crippen LogP contribution in [-0.2, 0) is 0 Å². The topological polar surface area (TPSA) is 12.4 Å². The SMILES string of the molecule is C=N/C(=C\C(=C)F)C(C)C. The van der Waals surface area contributed by atoms with Crippen LogP contribution in [0.3, 0.4) is 0 Å². The Morgan fingerprint density at radius 3 is 2.20 bits per heavy atom. The van der Waals surface area contributed by atoms with E-state index >= 15 is 0 Å². The second-order valence-electron chi connectivity index (χ2n) is 2.33. The molecular formula is C8H12FN. The Balaban J connectivity index is 4.33. The molecule has 1 nitrogen and oxygen atoms in total. The lowest BCUT2D eigenvalue weighted by Crippen LogP contribution is -1.89. The summed E-state index contributed by atoms with van der Waals surface area (Å²) in [5, 5.41) is 0. The first-order valence-corrected chi connectivity index (χ1v) is 3.10. The summed E-state index contributed by atoms with van der Waals surface area (Å²) in [4.78, 5) is 3.64. The Bertz CT molecular complexity index is 168. The average molecular weight is 141 g/mol. The third-order valence-corrected chi connectivity index (χ3v) is 1.08. The molecule has 0 N–H and O–H groups in total. The van der Waals surface area contributed by atoms with Gasteiger partial charge < -0.3 is 0 Å². The highest BCUT2D eigenvalue weighted by Crippen LogP contribution is 2.12. The lowest BCUT2D eigenvalue weighted by atomic mass is 10.1. The van der Waals surface area contributed by atoms with Gasteiger partial charge in [0.1, 0.15) is 5.83 Å². The fourth-order valence-corrected chi connectivity index (χ4v) is 0.555. The van der Waals surface area contributed by atoms with E-state index in [1.807, 2.05) is 13.8 Å². The quantitative estimate of drug-likeness (QED) is 0.423. The molecule has 0 aromatic rings.